The fraction of sp³-hybridized carbons (Fsp3) is 0.333. The van der Waals surface area contributed by atoms with Crippen molar-refractivity contribution in [2.45, 2.75) is 40.0 Å². The zero-order chi connectivity index (χ0) is 22.0. The van der Waals surface area contributed by atoms with Crippen molar-refractivity contribution in [1.82, 2.24) is 4.90 Å². The minimum absolute atomic E-state index is 0.0163. The fourth-order valence-electron chi connectivity index (χ4n) is 2.38. The van der Waals surface area contributed by atoms with E-state index in [1.807, 2.05) is 13.8 Å². The van der Waals surface area contributed by atoms with E-state index in [1.54, 1.807) is 37.3 Å². The molecule has 0 fully saturated rings. The van der Waals surface area contributed by atoms with Crippen molar-refractivity contribution in [3.05, 3.63) is 71.0 Å². The number of esters is 1. The van der Waals surface area contributed by atoms with Gasteiger partial charge >= 0.3 is 18.1 Å². The van der Waals surface area contributed by atoms with E-state index in [0.29, 0.717) is 16.7 Å². The van der Waals surface area contributed by atoms with E-state index in [4.69, 9.17) is 0 Å². The summed E-state index contributed by atoms with van der Waals surface area (Å²) in [5.74, 6) is -3.25. The topological polar surface area (TPSA) is 46.6 Å². The molecule has 2 rings (SSSR count). The Hall–Kier alpha value is -2.90. The van der Waals surface area contributed by atoms with Crippen LogP contribution in [0.5, 0.6) is 0 Å². The van der Waals surface area contributed by atoms with Gasteiger partial charge in [0.1, 0.15) is 5.82 Å². The lowest BCUT2D eigenvalue weighted by atomic mass is 10.1. The second-order valence-corrected chi connectivity index (χ2v) is 5.91. The highest BCUT2D eigenvalue weighted by molar-refractivity contribution is 6.32. The molecule has 2 aromatic rings. The number of carbonyl (C=O) groups excluding carboxylic acids is 2. The Kier molecular flexibility index (Phi) is 9.31. The average molecular weight is 413 g/mol. The summed E-state index contributed by atoms with van der Waals surface area (Å²) in [5.41, 5.74) is 1.78. The second kappa shape index (κ2) is 11.2. The first-order chi connectivity index (χ1) is 13.7. The van der Waals surface area contributed by atoms with E-state index in [1.165, 1.54) is 18.2 Å². The number of hydrogen-bond acceptors (Lipinski definition) is 3. The molecule has 1 amide bonds. The highest BCUT2D eigenvalue weighted by atomic mass is 19.4. The maximum Gasteiger partial charge on any atom is 0.422 e. The Bertz CT molecular complexity index is 807. The maximum atomic E-state index is 13.3. The molecule has 0 aromatic heterocycles. The quantitative estimate of drug-likeness (QED) is 0.402. The highest BCUT2D eigenvalue weighted by Crippen LogP contribution is 2.17. The lowest BCUT2D eigenvalue weighted by Crippen LogP contribution is -2.38. The molecule has 0 aliphatic rings. The Labute approximate surface area is 167 Å². The van der Waals surface area contributed by atoms with Crippen molar-refractivity contribution in [2.75, 3.05) is 6.61 Å². The first-order valence-electron chi connectivity index (χ1n) is 8.97. The van der Waals surface area contributed by atoms with Crippen LogP contribution < -0.4 is 0 Å². The van der Waals surface area contributed by atoms with E-state index in [2.05, 4.69) is 4.74 Å². The molecule has 4 nitrogen and oxygen atoms in total. The molecule has 0 unspecified atom stereocenters. The van der Waals surface area contributed by atoms with Crippen LogP contribution in [-0.2, 0) is 27.4 Å². The van der Waals surface area contributed by atoms with Crippen LogP contribution in [0.25, 0.3) is 0 Å². The Morgan fingerprint density at radius 2 is 1.62 bits per heavy atom. The molecule has 0 spiro atoms. The molecule has 0 saturated carbocycles. The largest absolute Gasteiger partial charge is 0.449 e. The highest BCUT2D eigenvalue weighted by Gasteiger charge is 2.32. The molecule has 0 aliphatic carbocycles. The van der Waals surface area contributed by atoms with Crippen LogP contribution in [-0.4, -0.2) is 29.6 Å². The Morgan fingerprint density at radius 3 is 2.17 bits per heavy atom. The van der Waals surface area contributed by atoms with Gasteiger partial charge in [0.25, 0.3) is 0 Å². The van der Waals surface area contributed by atoms with Gasteiger partial charge in [-0.3, -0.25) is 4.79 Å². The minimum Gasteiger partial charge on any atom is -0.449 e. The number of hydrogen-bond donors (Lipinski definition) is 0. The summed E-state index contributed by atoms with van der Waals surface area (Å²) in [4.78, 5) is 25.2. The molecular formula is C21H23F4NO3. The third-order valence-corrected chi connectivity index (χ3v) is 3.71. The SMILES string of the molecule is CC.Cc1cc(F)ccc1CN(Cc1ccccc1)C(=O)C(=O)OCC(F)(F)F. The van der Waals surface area contributed by atoms with Crippen LogP contribution in [0.2, 0.25) is 0 Å². The number of carbonyl (C=O) groups is 2. The van der Waals surface area contributed by atoms with Crippen molar-refractivity contribution in [3.8, 4) is 0 Å². The number of benzene rings is 2. The summed E-state index contributed by atoms with van der Waals surface area (Å²) in [7, 11) is 0. The number of amides is 1. The number of ether oxygens (including phenoxy) is 1. The number of halogens is 4. The molecule has 0 heterocycles. The normalized spacial score (nSPS) is 10.6. The van der Waals surface area contributed by atoms with E-state index >= 15 is 0 Å². The lowest BCUT2D eigenvalue weighted by molar-refractivity contribution is -0.189. The van der Waals surface area contributed by atoms with Gasteiger partial charge in [0, 0.05) is 13.1 Å². The molecule has 29 heavy (non-hydrogen) atoms. The van der Waals surface area contributed by atoms with Gasteiger partial charge in [-0.1, -0.05) is 50.2 Å². The van der Waals surface area contributed by atoms with Crippen LogP contribution >= 0.6 is 0 Å². The third kappa shape index (κ3) is 8.33. The van der Waals surface area contributed by atoms with Gasteiger partial charge < -0.3 is 9.64 Å². The molecule has 2 aromatic carbocycles. The molecule has 158 valence electrons. The number of alkyl halides is 3. The van der Waals surface area contributed by atoms with Gasteiger partial charge in [-0.15, -0.1) is 0 Å². The summed E-state index contributed by atoms with van der Waals surface area (Å²) < 4.78 is 54.0. The summed E-state index contributed by atoms with van der Waals surface area (Å²) in [6, 6.07) is 12.6. The van der Waals surface area contributed by atoms with Gasteiger partial charge in [0.2, 0.25) is 0 Å². The predicted molar refractivity (Wildman–Crippen MR) is 100 cm³/mol. The molecule has 0 atom stereocenters. The number of nitrogens with zero attached hydrogens (tertiary/aromatic N) is 1. The van der Waals surface area contributed by atoms with E-state index in [-0.39, 0.29) is 13.1 Å². The zero-order valence-corrected chi connectivity index (χ0v) is 16.4. The van der Waals surface area contributed by atoms with Crippen molar-refractivity contribution >= 4 is 11.9 Å². The molecule has 0 saturated heterocycles. The first-order valence-corrected chi connectivity index (χ1v) is 8.97. The van der Waals surface area contributed by atoms with Gasteiger partial charge in [0.05, 0.1) is 0 Å². The number of aryl methyl sites for hydroxylation is 1. The molecule has 8 heteroatoms. The summed E-state index contributed by atoms with van der Waals surface area (Å²) >= 11 is 0. The summed E-state index contributed by atoms with van der Waals surface area (Å²) in [6.07, 6.45) is -4.73. The van der Waals surface area contributed by atoms with Crippen LogP contribution in [0.3, 0.4) is 0 Å². The first kappa shape index (κ1) is 24.1. The van der Waals surface area contributed by atoms with Gasteiger partial charge in [0.15, 0.2) is 6.61 Å². The van der Waals surface area contributed by atoms with Crippen molar-refractivity contribution in [1.29, 1.82) is 0 Å². The lowest BCUT2D eigenvalue weighted by Gasteiger charge is -2.23. The van der Waals surface area contributed by atoms with Crippen LogP contribution in [0, 0.1) is 12.7 Å². The average Bonchev–Trinajstić information content (AvgIpc) is 2.68. The van der Waals surface area contributed by atoms with Crippen molar-refractivity contribution in [3.63, 3.8) is 0 Å². The van der Waals surface area contributed by atoms with Crippen LogP contribution in [0.4, 0.5) is 17.6 Å². The summed E-state index contributed by atoms with van der Waals surface area (Å²) in [6.45, 7) is 3.69. The molecule has 0 bridgehead atoms. The molecule has 0 aliphatic heterocycles. The summed E-state index contributed by atoms with van der Waals surface area (Å²) in [5, 5.41) is 0. The van der Waals surface area contributed by atoms with Gasteiger partial charge in [-0.05, 0) is 35.7 Å². The predicted octanol–water partition coefficient (Wildman–Crippen LogP) is 4.79. The second-order valence-electron chi connectivity index (χ2n) is 5.91. The standard InChI is InChI=1S/C19H17F4NO3.C2H6/c1-13-9-16(20)8-7-15(13)11-24(10-14-5-3-2-4-6-14)17(25)18(26)27-12-19(21,22)23;1-2/h2-9H,10-12H2,1H3;1-2H3. The monoisotopic (exact) mass is 413 g/mol. The number of rotatable bonds is 5. The maximum absolute atomic E-state index is 13.3. The Balaban J connectivity index is 0.00000204. The zero-order valence-electron chi connectivity index (χ0n) is 16.4. The smallest absolute Gasteiger partial charge is 0.422 e. The fourth-order valence-corrected chi connectivity index (χ4v) is 2.38. The molecular weight excluding hydrogens is 390 g/mol. The van der Waals surface area contributed by atoms with E-state index in [9.17, 15) is 27.2 Å². The Morgan fingerprint density at radius 1 is 1.00 bits per heavy atom. The van der Waals surface area contributed by atoms with Gasteiger partial charge in [-0.2, -0.15) is 13.2 Å². The van der Waals surface area contributed by atoms with Crippen LogP contribution in [0.1, 0.15) is 30.5 Å². The molecule has 0 radical (unpaired) electrons. The van der Waals surface area contributed by atoms with Crippen LogP contribution in [0.15, 0.2) is 48.5 Å². The van der Waals surface area contributed by atoms with E-state index in [0.717, 1.165) is 4.90 Å². The van der Waals surface area contributed by atoms with Crippen molar-refractivity contribution < 1.29 is 31.9 Å². The third-order valence-electron chi connectivity index (χ3n) is 3.71. The van der Waals surface area contributed by atoms with E-state index < -0.39 is 30.5 Å². The molecule has 0 N–H and O–H groups in total. The van der Waals surface area contributed by atoms with Gasteiger partial charge in [-0.25, -0.2) is 9.18 Å². The van der Waals surface area contributed by atoms with Crippen molar-refractivity contribution in [2.24, 2.45) is 0 Å². The minimum atomic E-state index is -4.73.